The highest BCUT2D eigenvalue weighted by molar-refractivity contribution is 6.05. The summed E-state index contributed by atoms with van der Waals surface area (Å²) in [5.74, 6) is -1.74. The molecular weight excluding hydrogens is 711 g/mol. The predicted molar refractivity (Wildman–Crippen MR) is 218 cm³/mol. The van der Waals surface area contributed by atoms with Crippen LogP contribution in [0.5, 0.6) is 0 Å². The molecule has 12 heteroatoms. The van der Waals surface area contributed by atoms with Gasteiger partial charge in [0.2, 0.25) is 11.8 Å². The van der Waals surface area contributed by atoms with Crippen LogP contribution in [-0.2, 0) is 36.0 Å². The number of nitrogens with zero attached hydrogens (tertiary/aromatic N) is 2. The first-order chi connectivity index (χ1) is 26.9. The number of nitrogens with one attached hydrogen (secondary N) is 2. The first-order valence-corrected chi connectivity index (χ1v) is 20.0. The number of ether oxygens (including phenoxy) is 2. The van der Waals surface area contributed by atoms with Crippen LogP contribution in [0.2, 0.25) is 0 Å². The van der Waals surface area contributed by atoms with Crippen LogP contribution in [0.25, 0.3) is 10.8 Å². The fourth-order valence-corrected chi connectivity index (χ4v) is 7.17. The smallest absolute Gasteiger partial charge is 0.418 e. The number of morpholine rings is 1. The van der Waals surface area contributed by atoms with Gasteiger partial charge in [0.25, 0.3) is 5.91 Å². The number of hydrogen-bond donors (Lipinski definition) is 4. The molecule has 0 bridgehead atoms. The third-order valence-electron chi connectivity index (χ3n) is 10.2. The highest BCUT2D eigenvalue weighted by Crippen LogP contribution is 2.40. The lowest BCUT2D eigenvalue weighted by atomic mass is 9.79. The van der Waals surface area contributed by atoms with Crippen molar-refractivity contribution in [3.05, 3.63) is 95.6 Å². The summed E-state index contributed by atoms with van der Waals surface area (Å²) in [6.07, 6.45) is 1.03. The van der Waals surface area contributed by atoms with Crippen molar-refractivity contribution >= 4 is 34.6 Å². The van der Waals surface area contributed by atoms with Crippen molar-refractivity contribution in [1.82, 2.24) is 20.4 Å². The Labute approximate surface area is 331 Å². The van der Waals surface area contributed by atoms with Crippen molar-refractivity contribution < 1.29 is 33.8 Å². The zero-order valence-corrected chi connectivity index (χ0v) is 33.7. The van der Waals surface area contributed by atoms with Gasteiger partial charge in [-0.15, -0.1) is 0 Å². The van der Waals surface area contributed by atoms with Crippen molar-refractivity contribution in [1.29, 1.82) is 0 Å². The van der Waals surface area contributed by atoms with Gasteiger partial charge in [-0.05, 0) is 60.1 Å². The van der Waals surface area contributed by atoms with Gasteiger partial charge in [-0.3, -0.25) is 19.3 Å². The van der Waals surface area contributed by atoms with Crippen LogP contribution in [0, 0.1) is 5.92 Å². The van der Waals surface area contributed by atoms with Crippen LogP contribution in [0.3, 0.4) is 0 Å². The number of hydrogen-bond acceptors (Lipinski definition) is 9. The van der Waals surface area contributed by atoms with E-state index in [0.717, 1.165) is 23.4 Å². The SMILES string of the molecule is CCCC[C@](C(=O)N[C@@H](CC(C)C)[C@@H](O)C=C(CC)C(=O)NCCN1CCOCC1)(c1cccc2ccccc12)N(C(=O)OCc1ccccc1)C(=O)[C@H](C)N. The molecule has 56 heavy (non-hydrogen) atoms. The number of aliphatic hydroxyl groups excluding tert-OH is 1. The fourth-order valence-electron chi connectivity index (χ4n) is 7.17. The number of carbonyl (C=O) groups is 4. The van der Waals surface area contributed by atoms with Gasteiger partial charge in [0.05, 0.1) is 31.4 Å². The number of nitrogens with two attached hydrogens (primary N) is 1. The van der Waals surface area contributed by atoms with E-state index < -0.39 is 41.6 Å². The van der Waals surface area contributed by atoms with Crippen molar-refractivity contribution in [2.75, 3.05) is 39.4 Å². The summed E-state index contributed by atoms with van der Waals surface area (Å²) in [6.45, 7) is 13.1. The molecule has 0 aromatic heterocycles. The Morgan fingerprint density at radius 3 is 2.32 bits per heavy atom. The van der Waals surface area contributed by atoms with Crippen LogP contribution >= 0.6 is 0 Å². The monoisotopic (exact) mass is 771 g/mol. The lowest BCUT2D eigenvalue weighted by Crippen LogP contribution is -2.64. The van der Waals surface area contributed by atoms with Gasteiger partial charge in [-0.1, -0.05) is 113 Å². The minimum Gasteiger partial charge on any atom is -0.444 e. The molecule has 3 aromatic carbocycles. The maximum absolute atomic E-state index is 15.5. The molecule has 0 aliphatic carbocycles. The average Bonchev–Trinajstić information content (AvgIpc) is 3.20. The largest absolute Gasteiger partial charge is 0.444 e. The van der Waals surface area contributed by atoms with E-state index in [1.807, 2.05) is 76.2 Å². The van der Waals surface area contributed by atoms with Crippen molar-refractivity contribution in [2.45, 2.75) is 97.1 Å². The second-order valence-corrected chi connectivity index (χ2v) is 14.9. The number of aliphatic hydroxyl groups is 1. The van der Waals surface area contributed by atoms with Gasteiger partial charge in [0.1, 0.15) is 6.61 Å². The first-order valence-electron chi connectivity index (χ1n) is 20.0. The van der Waals surface area contributed by atoms with E-state index in [2.05, 4.69) is 15.5 Å². The average molecular weight is 772 g/mol. The topological polar surface area (TPSA) is 164 Å². The molecule has 304 valence electrons. The zero-order chi connectivity index (χ0) is 40.7. The van der Waals surface area contributed by atoms with Crippen LogP contribution in [0.4, 0.5) is 4.79 Å². The van der Waals surface area contributed by atoms with Crippen molar-refractivity contribution in [3.63, 3.8) is 0 Å². The highest BCUT2D eigenvalue weighted by atomic mass is 16.6. The second-order valence-electron chi connectivity index (χ2n) is 14.9. The molecule has 4 amide bonds. The number of rotatable bonds is 19. The molecule has 4 rings (SSSR count). The molecule has 0 radical (unpaired) electrons. The van der Waals surface area contributed by atoms with Crippen molar-refractivity contribution in [2.24, 2.45) is 11.7 Å². The van der Waals surface area contributed by atoms with E-state index in [-0.39, 0.29) is 24.9 Å². The third kappa shape index (κ3) is 11.5. The normalized spacial score (nSPS) is 16.4. The maximum atomic E-state index is 15.5. The van der Waals surface area contributed by atoms with E-state index in [1.165, 1.54) is 13.0 Å². The molecule has 0 saturated carbocycles. The summed E-state index contributed by atoms with van der Waals surface area (Å²) in [5, 5.41) is 19.4. The van der Waals surface area contributed by atoms with E-state index in [1.54, 1.807) is 24.3 Å². The van der Waals surface area contributed by atoms with Gasteiger partial charge in [0, 0.05) is 31.8 Å². The van der Waals surface area contributed by atoms with Crippen molar-refractivity contribution in [3.8, 4) is 0 Å². The lowest BCUT2D eigenvalue weighted by molar-refractivity contribution is -0.148. The predicted octanol–water partition coefficient (Wildman–Crippen LogP) is 5.41. The molecule has 4 atom stereocenters. The Hall–Kier alpha value is -4.62. The molecule has 0 unspecified atom stereocenters. The maximum Gasteiger partial charge on any atom is 0.418 e. The third-order valence-corrected chi connectivity index (χ3v) is 10.2. The molecule has 12 nitrogen and oxygen atoms in total. The quantitative estimate of drug-likeness (QED) is 0.117. The summed E-state index contributed by atoms with van der Waals surface area (Å²) >= 11 is 0. The molecule has 0 spiro atoms. The standard InChI is InChI=1S/C44H61N5O7/c1-6-8-21-44(37-20-14-18-35-17-12-13-19-36(35)37,49(41(52)32(5)45)43(54)56-30-33-15-10-9-11-16-33)42(53)47-38(28-31(3)4)39(50)29-34(7-2)40(51)46-22-23-48-24-26-55-27-25-48/h9-20,29,31-32,38-39,50H,6-8,21-28,30,45H2,1-5H3,(H,46,51)(H,47,53)/t32-,38-,39-,44+/m0/s1. The zero-order valence-electron chi connectivity index (χ0n) is 33.7. The van der Waals surface area contributed by atoms with E-state index in [4.69, 9.17) is 15.2 Å². The minimum atomic E-state index is -1.95. The number of carbonyl (C=O) groups excluding carboxylic acids is 4. The molecule has 1 fully saturated rings. The number of amides is 4. The molecule has 1 heterocycles. The second kappa shape index (κ2) is 21.6. The summed E-state index contributed by atoms with van der Waals surface area (Å²) in [4.78, 5) is 60.8. The Balaban J connectivity index is 1.79. The van der Waals surface area contributed by atoms with Crippen LogP contribution in [0.15, 0.2) is 84.4 Å². The van der Waals surface area contributed by atoms with E-state index in [9.17, 15) is 19.5 Å². The van der Waals surface area contributed by atoms with Gasteiger partial charge in [-0.25, -0.2) is 9.69 Å². The molecular formula is C44H61N5O7. The Morgan fingerprint density at radius 1 is 0.982 bits per heavy atom. The Morgan fingerprint density at radius 2 is 1.66 bits per heavy atom. The fraction of sp³-hybridized carbons (Fsp3) is 0.500. The van der Waals surface area contributed by atoms with Gasteiger partial charge in [0.15, 0.2) is 5.54 Å². The summed E-state index contributed by atoms with van der Waals surface area (Å²) < 4.78 is 11.2. The van der Waals surface area contributed by atoms with Crippen LogP contribution < -0.4 is 16.4 Å². The highest BCUT2D eigenvalue weighted by Gasteiger charge is 2.53. The summed E-state index contributed by atoms with van der Waals surface area (Å²) in [7, 11) is 0. The van der Waals surface area contributed by atoms with Gasteiger partial charge >= 0.3 is 6.09 Å². The summed E-state index contributed by atoms with van der Waals surface area (Å²) in [5.41, 5.74) is 5.83. The molecule has 1 aliphatic heterocycles. The number of unbranched alkanes of at least 4 members (excludes halogenated alkanes) is 1. The molecule has 3 aromatic rings. The minimum absolute atomic E-state index is 0.0102. The number of imide groups is 1. The van der Waals surface area contributed by atoms with Gasteiger partial charge in [-0.2, -0.15) is 0 Å². The van der Waals surface area contributed by atoms with E-state index in [0.29, 0.717) is 74.1 Å². The lowest BCUT2D eigenvalue weighted by Gasteiger charge is -2.43. The number of benzene rings is 3. The Bertz CT molecular complexity index is 1770. The molecule has 5 N–H and O–H groups in total. The molecule has 1 aliphatic rings. The van der Waals surface area contributed by atoms with Crippen LogP contribution in [-0.4, -0.2) is 96.3 Å². The molecule has 1 saturated heterocycles. The Kier molecular flexibility index (Phi) is 17.0. The number of fused-ring (bicyclic) bond motifs is 1. The summed E-state index contributed by atoms with van der Waals surface area (Å²) in [6, 6.07) is 20.0. The van der Waals surface area contributed by atoms with E-state index >= 15 is 4.79 Å². The van der Waals surface area contributed by atoms with Crippen LogP contribution in [0.1, 0.15) is 77.8 Å². The van der Waals surface area contributed by atoms with Gasteiger partial charge < -0.3 is 30.9 Å². The first kappa shape index (κ1) is 44.1.